The average Bonchev–Trinajstić information content (AvgIpc) is 2.67. The Bertz CT molecular complexity index is 776. The fourth-order valence-corrected chi connectivity index (χ4v) is 3.11. The number of carbonyl (C=O) groups excluding carboxylic acids is 2. The fourth-order valence-electron chi connectivity index (χ4n) is 3.11. The maximum absolute atomic E-state index is 12.7. The van der Waals surface area contributed by atoms with Gasteiger partial charge in [-0.3, -0.25) is 9.59 Å². The van der Waals surface area contributed by atoms with E-state index in [4.69, 9.17) is 4.74 Å². The Labute approximate surface area is 154 Å². The summed E-state index contributed by atoms with van der Waals surface area (Å²) in [6.45, 7) is 2.84. The quantitative estimate of drug-likeness (QED) is 0.802. The maximum atomic E-state index is 12.7. The van der Waals surface area contributed by atoms with Crippen LogP contribution in [0.15, 0.2) is 54.6 Å². The SMILES string of the molecule is CCC1Oc2ccccc2N(CCC(=O)N(C)Cc2ccccc2)C1=O. The molecule has 136 valence electrons. The van der Waals surface area contributed by atoms with E-state index in [-0.39, 0.29) is 18.2 Å². The zero-order valence-electron chi connectivity index (χ0n) is 15.2. The molecule has 26 heavy (non-hydrogen) atoms. The number of carbonyl (C=O) groups is 2. The molecule has 1 aliphatic rings. The second kappa shape index (κ2) is 8.04. The molecule has 5 nitrogen and oxygen atoms in total. The third kappa shape index (κ3) is 3.87. The van der Waals surface area contributed by atoms with E-state index in [1.807, 2.05) is 61.5 Å². The number of para-hydroxylation sites is 2. The zero-order valence-corrected chi connectivity index (χ0v) is 15.2. The molecular weight excluding hydrogens is 328 g/mol. The molecule has 1 aliphatic heterocycles. The van der Waals surface area contributed by atoms with Crippen LogP contribution in [0, 0.1) is 0 Å². The highest BCUT2D eigenvalue weighted by atomic mass is 16.5. The maximum Gasteiger partial charge on any atom is 0.268 e. The van der Waals surface area contributed by atoms with Crippen molar-refractivity contribution in [1.82, 2.24) is 4.90 Å². The molecule has 0 spiro atoms. The van der Waals surface area contributed by atoms with Crippen LogP contribution in [-0.2, 0) is 16.1 Å². The topological polar surface area (TPSA) is 49.9 Å². The van der Waals surface area contributed by atoms with Crippen LogP contribution in [0.3, 0.4) is 0 Å². The van der Waals surface area contributed by atoms with Gasteiger partial charge in [0.1, 0.15) is 5.75 Å². The van der Waals surface area contributed by atoms with Crippen molar-refractivity contribution in [2.75, 3.05) is 18.5 Å². The summed E-state index contributed by atoms with van der Waals surface area (Å²) in [6.07, 6.45) is 0.396. The van der Waals surface area contributed by atoms with Gasteiger partial charge in [-0.15, -0.1) is 0 Å². The van der Waals surface area contributed by atoms with Gasteiger partial charge in [-0.2, -0.15) is 0 Å². The first kappa shape index (κ1) is 18.0. The summed E-state index contributed by atoms with van der Waals surface area (Å²) in [4.78, 5) is 28.6. The van der Waals surface area contributed by atoms with Crippen molar-refractivity contribution in [1.29, 1.82) is 0 Å². The van der Waals surface area contributed by atoms with Gasteiger partial charge in [-0.1, -0.05) is 49.4 Å². The molecule has 2 aromatic rings. The summed E-state index contributed by atoms with van der Waals surface area (Å²) in [7, 11) is 1.79. The Hall–Kier alpha value is -2.82. The molecule has 2 aromatic carbocycles. The Morgan fingerprint density at radius 1 is 1.12 bits per heavy atom. The average molecular weight is 352 g/mol. The first-order chi connectivity index (χ1) is 12.6. The molecule has 0 bridgehead atoms. The smallest absolute Gasteiger partial charge is 0.268 e. The molecule has 0 fully saturated rings. The van der Waals surface area contributed by atoms with Crippen molar-refractivity contribution < 1.29 is 14.3 Å². The summed E-state index contributed by atoms with van der Waals surface area (Å²) in [5.41, 5.74) is 1.82. The highest BCUT2D eigenvalue weighted by molar-refractivity contribution is 6.00. The standard InChI is InChI=1S/C21H24N2O3/c1-3-18-21(25)23(17-11-7-8-12-19(17)26-18)14-13-20(24)22(2)15-16-9-5-4-6-10-16/h4-12,18H,3,13-15H2,1-2H3. The third-order valence-electron chi connectivity index (χ3n) is 4.58. The normalized spacial score (nSPS) is 16.0. The molecule has 0 saturated heterocycles. The van der Waals surface area contributed by atoms with Gasteiger partial charge in [0, 0.05) is 26.6 Å². The van der Waals surface area contributed by atoms with Crippen LogP contribution >= 0.6 is 0 Å². The van der Waals surface area contributed by atoms with E-state index in [1.54, 1.807) is 16.8 Å². The Kier molecular flexibility index (Phi) is 5.56. The molecule has 1 heterocycles. The van der Waals surface area contributed by atoms with Gasteiger partial charge in [-0.25, -0.2) is 0 Å². The largest absolute Gasteiger partial charge is 0.478 e. The minimum atomic E-state index is -0.484. The van der Waals surface area contributed by atoms with Gasteiger partial charge in [0.2, 0.25) is 5.91 Å². The van der Waals surface area contributed by atoms with Crippen LogP contribution in [0.4, 0.5) is 5.69 Å². The number of hydrogen-bond donors (Lipinski definition) is 0. The van der Waals surface area contributed by atoms with Crippen LogP contribution in [0.1, 0.15) is 25.3 Å². The Morgan fingerprint density at radius 2 is 1.81 bits per heavy atom. The van der Waals surface area contributed by atoms with Gasteiger partial charge in [0.15, 0.2) is 6.10 Å². The van der Waals surface area contributed by atoms with E-state index < -0.39 is 6.10 Å². The van der Waals surface area contributed by atoms with Gasteiger partial charge < -0.3 is 14.5 Å². The van der Waals surface area contributed by atoms with E-state index in [0.29, 0.717) is 25.3 Å². The second-order valence-electron chi connectivity index (χ2n) is 6.46. The molecule has 0 N–H and O–H groups in total. The molecule has 2 amide bonds. The van der Waals surface area contributed by atoms with Crippen LogP contribution in [0.2, 0.25) is 0 Å². The zero-order chi connectivity index (χ0) is 18.5. The molecule has 0 radical (unpaired) electrons. The highest BCUT2D eigenvalue weighted by Gasteiger charge is 2.33. The van der Waals surface area contributed by atoms with Crippen molar-refractivity contribution in [2.45, 2.75) is 32.4 Å². The number of anilines is 1. The van der Waals surface area contributed by atoms with Crippen molar-refractivity contribution in [3.05, 3.63) is 60.2 Å². The Morgan fingerprint density at radius 3 is 2.54 bits per heavy atom. The monoisotopic (exact) mass is 352 g/mol. The molecular formula is C21H24N2O3. The van der Waals surface area contributed by atoms with Crippen LogP contribution in [0.5, 0.6) is 5.75 Å². The van der Waals surface area contributed by atoms with E-state index in [2.05, 4.69) is 0 Å². The summed E-state index contributed by atoms with van der Waals surface area (Å²) in [5, 5.41) is 0. The first-order valence-electron chi connectivity index (χ1n) is 8.95. The number of rotatable bonds is 6. The molecule has 0 aliphatic carbocycles. The number of fused-ring (bicyclic) bond motifs is 1. The van der Waals surface area contributed by atoms with Crippen molar-refractivity contribution in [3.8, 4) is 5.75 Å². The van der Waals surface area contributed by atoms with Gasteiger partial charge in [-0.05, 0) is 24.1 Å². The van der Waals surface area contributed by atoms with Crippen molar-refractivity contribution in [3.63, 3.8) is 0 Å². The second-order valence-corrected chi connectivity index (χ2v) is 6.46. The molecule has 3 rings (SSSR count). The number of hydrogen-bond acceptors (Lipinski definition) is 3. The number of amides is 2. The molecule has 0 saturated carbocycles. The predicted molar refractivity (Wildman–Crippen MR) is 101 cm³/mol. The van der Waals surface area contributed by atoms with Crippen molar-refractivity contribution >= 4 is 17.5 Å². The highest BCUT2D eigenvalue weighted by Crippen LogP contribution is 2.34. The summed E-state index contributed by atoms with van der Waals surface area (Å²) in [5.74, 6) is 0.632. The van der Waals surface area contributed by atoms with Gasteiger partial charge in [0.25, 0.3) is 5.91 Å². The molecule has 1 atom stereocenters. The summed E-state index contributed by atoms with van der Waals surface area (Å²) < 4.78 is 5.77. The lowest BCUT2D eigenvalue weighted by Crippen LogP contribution is -2.46. The number of ether oxygens (including phenoxy) is 1. The minimum Gasteiger partial charge on any atom is -0.478 e. The van der Waals surface area contributed by atoms with Gasteiger partial charge in [0.05, 0.1) is 5.69 Å². The van der Waals surface area contributed by atoms with E-state index in [1.165, 1.54) is 0 Å². The van der Waals surface area contributed by atoms with E-state index >= 15 is 0 Å². The molecule has 1 unspecified atom stereocenters. The summed E-state index contributed by atoms with van der Waals surface area (Å²) >= 11 is 0. The van der Waals surface area contributed by atoms with E-state index in [9.17, 15) is 9.59 Å². The number of nitrogens with zero attached hydrogens (tertiary/aromatic N) is 2. The Balaban J connectivity index is 1.66. The first-order valence-corrected chi connectivity index (χ1v) is 8.95. The fraction of sp³-hybridized carbons (Fsp3) is 0.333. The lowest BCUT2D eigenvalue weighted by Gasteiger charge is -2.34. The van der Waals surface area contributed by atoms with Crippen LogP contribution < -0.4 is 9.64 Å². The van der Waals surface area contributed by atoms with Gasteiger partial charge >= 0.3 is 0 Å². The van der Waals surface area contributed by atoms with Crippen LogP contribution in [-0.4, -0.2) is 36.4 Å². The third-order valence-corrected chi connectivity index (χ3v) is 4.58. The lowest BCUT2D eigenvalue weighted by molar-refractivity contribution is -0.130. The minimum absolute atomic E-state index is 0.0127. The molecule has 5 heteroatoms. The lowest BCUT2D eigenvalue weighted by atomic mass is 10.1. The van der Waals surface area contributed by atoms with Crippen LogP contribution in [0.25, 0.3) is 0 Å². The predicted octanol–water partition coefficient (Wildman–Crippen LogP) is 3.24. The number of benzene rings is 2. The van der Waals surface area contributed by atoms with E-state index in [0.717, 1.165) is 11.3 Å². The van der Waals surface area contributed by atoms with Crippen molar-refractivity contribution in [2.24, 2.45) is 0 Å². The molecule has 0 aromatic heterocycles. The summed E-state index contributed by atoms with van der Waals surface area (Å²) in [6, 6.07) is 17.4.